The summed E-state index contributed by atoms with van der Waals surface area (Å²) < 4.78 is 0. The zero-order chi connectivity index (χ0) is 13.1. The van der Waals surface area contributed by atoms with Crippen molar-refractivity contribution in [2.45, 2.75) is 6.42 Å². The Labute approximate surface area is 109 Å². The molecule has 6 nitrogen and oxygen atoms in total. The highest BCUT2D eigenvalue weighted by atomic mass is 35.5. The molecule has 3 N–H and O–H groups in total. The van der Waals surface area contributed by atoms with Crippen LogP contribution in [-0.4, -0.2) is 41.3 Å². The third kappa shape index (κ3) is 2.70. The van der Waals surface area contributed by atoms with Gasteiger partial charge < -0.3 is 16.0 Å². The first kappa shape index (κ1) is 12.6. The molecular weight excluding hydrogens is 256 g/mol. The second-order valence-electron chi connectivity index (χ2n) is 4.00. The Morgan fingerprint density at radius 3 is 3.06 bits per heavy atom. The van der Waals surface area contributed by atoms with E-state index in [9.17, 15) is 9.59 Å². The van der Waals surface area contributed by atoms with Gasteiger partial charge in [0.25, 0.3) is 5.91 Å². The van der Waals surface area contributed by atoms with Gasteiger partial charge in [-0.05, 0) is 18.6 Å². The van der Waals surface area contributed by atoms with Gasteiger partial charge in [-0.25, -0.2) is 4.98 Å². The molecule has 18 heavy (non-hydrogen) atoms. The van der Waals surface area contributed by atoms with E-state index in [2.05, 4.69) is 10.3 Å². The highest BCUT2D eigenvalue weighted by Crippen LogP contribution is 2.17. The maximum Gasteiger partial charge on any atom is 0.274 e. The van der Waals surface area contributed by atoms with Gasteiger partial charge in [-0.15, -0.1) is 0 Å². The number of hydrogen-bond acceptors (Lipinski definition) is 4. The summed E-state index contributed by atoms with van der Waals surface area (Å²) >= 11 is 5.92. The SMILES string of the molecule is Nc1ccc(Cl)c(C(=O)N2CCCNC(=O)C2)n1. The van der Waals surface area contributed by atoms with Crippen LogP contribution in [0.1, 0.15) is 16.9 Å². The normalized spacial score (nSPS) is 16.1. The molecule has 2 rings (SSSR count). The number of anilines is 1. The van der Waals surface area contributed by atoms with E-state index in [1.165, 1.54) is 17.0 Å². The first-order valence-corrected chi connectivity index (χ1v) is 5.93. The molecule has 0 aliphatic carbocycles. The fraction of sp³-hybridized carbons (Fsp3) is 0.364. The van der Waals surface area contributed by atoms with Crippen molar-refractivity contribution in [3.63, 3.8) is 0 Å². The number of carbonyl (C=O) groups excluding carboxylic acids is 2. The second kappa shape index (κ2) is 5.22. The molecule has 1 saturated heterocycles. The molecule has 1 aliphatic heterocycles. The lowest BCUT2D eigenvalue weighted by Gasteiger charge is -2.19. The number of hydrogen-bond donors (Lipinski definition) is 2. The summed E-state index contributed by atoms with van der Waals surface area (Å²) in [6.07, 6.45) is 0.706. The molecule has 1 aromatic heterocycles. The van der Waals surface area contributed by atoms with Gasteiger partial charge >= 0.3 is 0 Å². The Hall–Kier alpha value is -1.82. The molecule has 0 bridgehead atoms. The number of carbonyl (C=O) groups is 2. The molecule has 0 spiro atoms. The highest BCUT2D eigenvalue weighted by molar-refractivity contribution is 6.33. The van der Waals surface area contributed by atoms with Crippen LogP contribution in [0.15, 0.2) is 12.1 Å². The fourth-order valence-electron chi connectivity index (χ4n) is 1.74. The van der Waals surface area contributed by atoms with E-state index in [0.29, 0.717) is 19.5 Å². The lowest BCUT2D eigenvalue weighted by Crippen LogP contribution is -2.37. The molecule has 0 unspecified atom stereocenters. The number of rotatable bonds is 1. The van der Waals surface area contributed by atoms with Gasteiger partial charge in [-0.2, -0.15) is 0 Å². The van der Waals surface area contributed by atoms with E-state index in [-0.39, 0.29) is 34.9 Å². The summed E-state index contributed by atoms with van der Waals surface area (Å²) in [6.45, 7) is 1.08. The number of aromatic nitrogens is 1. The van der Waals surface area contributed by atoms with Crippen molar-refractivity contribution in [1.29, 1.82) is 0 Å². The Bertz CT molecular complexity index is 492. The van der Waals surface area contributed by atoms with Gasteiger partial charge in [0.1, 0.15) is 11.5 Å². The number of halogens is 1. The molecule has 0 radical (unpaired) electrons. The van der Waals surface area contributed by atoms with Gasteiger partial charge in [-0.3, -0.25) is 9.59 Å². The zero-order valence-corrected chi connectivity index (χ0v) is 10.4. The lowest BCUT2D eigenvalue weighted by molar-refractivity contribution is -0.121. The number of nitrogens with one attached hydrogen (secondary N) is 1. The lowest BCUT2D eigenvalue weighted by atomic mass is 10.3. The topological polar surface area (TPSA) is 88.3 Å². The molecule has 1 aliphatic rings. The van der Waals surface area contributed by atoms with Crippen LogP contribution in [0.25, 0.3) is 0 Å². The average molecular weight is 269 g/mol. The largest absolute Gasteiger partial charge is 0.384 e. The van der Waals surface area contributed by atoms with Crippen molar-refractivity contribution < 1.29 is 9.59 Å². The van der Waals surface area contributed by atoms with Crippen LogP contribution in [0.4, 0.5) is 5.82 Å². The van der Waals surface area contributed by atoms with Crippen LogP contribution in [0, 0.1) is 0 Å². The summed E-state index contributed by atoms with van der Waals surface area (Å²) in [5.41, 5.74) is 5.62. The third-order valence-corrected chi connectivity index (χ3v) is 2.92. The van der Waals surface area contributed by atoms with Crippen LogP contribution < -0.4 is 11.1 Å². The molecular formula is C11H13ClN4O2. The summed E-state index contributed by atoms with van der Waals surface area (Å²) in [7, 11) is 0. The quantitative estimate of drug-likeness (QED) is 0.766. The van der Waals surface area contributed by atoms with Crippen molar-refractivity contribution in [2.75, 3.05) is 25.4 Å². The standard InChI is InChI=1S/C11H13ClN4O2/c12-7-2-3-8(13)15-10(7)11(18)16-5-1-4-14-9(17)6-16/h2-3H,1,4-6H2,(H2,13,15)(H,14,17). The average Bonchev–Trinajstić information content (AvgIpc) is 2.56. The molecule has 7 heteroatoms. The Kier molecular flexibility index (Phi) is 3.66. The maximum absolute atomic E-state index is 12.2. The van der Waals surface area contributed by atoms with Crippen LogP contribution in [-0.2, 0) is 4.79 Å². The van der Waals surface area contributed by atoms with E-state index in [1.54, 1.807) is 0 Å². The first-order chi connectivity index (χ1) is 8.58. The predicted molar refractivity (Wildman–Crippen MR) is 67.2 cm³/mol. The Balaban J connectivity index is 2.24. The van der Waals surface area contributed by atoms with Crippen molar-refractivity contribution >= 4 is 29.2 Å². The number of nitrogen functional groups attached to an aromatic ring is 1. The Morgan fingerprint density at radius 1 is 1.50 bits per heavy atom. The zero-order valence-electron chi connectivity index (χ0n) is 9.65. The molecule has 1 fully saturated rings. The summed E-state index contributed by atoms with van der Waals surface area (Å²) in [5.74, 6) is -0.327. The van der Waals surface area contributed by atoms with E-state index >= 15 is 0 Å². The predicted octanol–water partition coefficient (Wildman–Crippen LogP) is 0.279. The number of nitrogens with two attached hydrogens (primary N) is 1. The van der Waals surface area contributed by atoms with Gasteiger partial charge in [0, 0.05) is 13.1 Å². The molecule has 0 aromatic carbocycles. The van der Waals surface area contributed by atoms with Gasteiger partial charge in [0.2, 0.25) is 5.91 Å². The van der Waals surface area contributed by atoms with Gasteiger partial charge in [0.15, 0.2) is 0 Å². The molecule has 0 saturated carbocycles. The van der Waals surface area contributed by atoms with Gasteiger partial charge in [-0.1, -0.05) is 11.6 Å². The summed E-state index contributed by atoms with van der Waals surface area (Å²) in [4.78, 5) is 29.0. The van der Waals surface area contributed by atoms with Crippen LogP contribution in [0.2, 0.25) is 5.02 Å². The van der Waals surface area contributed by atoms with Crippen LogP contribution in [0.5, 0.6) is 0 Å². The number of amides is 2. The minimum Gasteiger partial charge on any atom is -0.384 e. The minimum atomic E-state index is -0.371. The van der Waals surface area contributed by atoms with Crippen molar-refractivity contribution in [3.05, 3.63) is 22.8 Å². The minimum absolute atomic E-state index is 0.0195. The van der Waals surface area contributed by atoms with Crippen molar-refractivity contribution in [1.82, 2.24) is 15.2 Å². The first-order valence-electron chi connectivity index (χ1n) is 5.56. The molecule has 2 heterocycles. The maximum atomic E-state index is 12.2. The Morgan fingerprint density at radius 2 is 2.28 bits per heavy atom. The van der Waals surface area contributed by atoms with Crippen molar-refractivity contribution in [2.24, 2.45) is 0 Å². The summed E-state index contributed by atoms with van der Waals surface area (Å²) in [5, 5.41) is 2.93. The molecule has 2 amide bonds. The molecule has 96 valence electrons. The van der Waals surface area contributed by atoms with E-state index in [4.69, 9.17) is 17.3 Å². The van der Waals surface area contributed by atoms with Crippen LogP contribution >= 0.6 is 11.6 Å². The highest BCUT2D eigenvalue weighted by Gasteiger charge is 2.23. The summed E-state index contributed by atoms with van der Waals surface area (Å²) in [6, 6.07) is 3.04. The monoisotopic (exact) mass is 268 g/mol. The second-order valence-corrected chi connectivity index (χ2v) is 4.40. The van der Waals surface area contributed by atoms with Crippen LogP contribution in [0.3, 0.4) is 0 Å². The smallest absolute Gasteiger partial charge is 0.274 e. The molecule has 1 aromatic rings. The van der Waals surface area contributed by atoms with E-state index < -0.39 is 0 Å². The number of nitrogens with zero attached hydrogens (tertiary/aromatic N) is 2. The third-order valence-electron chi connectivity index (χ3n) is 2.62. The molecule has 0 atom stereocenters. The van der Waals surface area contributed by atoms with Gasteiger partial charge in [0.05, 0.1) is 11.6 Å². The van der Waals surface area contributed by atoms with Crippen molar-refractivity contribution in [3.8, 4) is 0 Å². The number of pyridine rings is 1. The fourth-order valence-corrected chi connectivity index (χ4v) is 1.92. The van der Waals surface area contributed by atoms with E-state index in [1.807, 2.05) is 0 Å². The van der Waals surface area contributed by atoms with E-state index in [0.717, 1.165) is 0 Å².